The summed E-state index contributed by atoms with van der Waals surface area (Å²) in [7, 11) is -3.77. The van der Waals surface area contributed by atoms with Gasteiger partial charge in [0.25, 0.3) is 0 Å². The molecular weight excluding hydrogens is 467 g/mol. The Hall–Kier alpha value is -2.75. The van der Waals surface area contributed by atoms with Crippen LogP contribution < -0.4 is 5.32 Å². The highest BCUT2D eigenvalue weighted by Gasteiger charge is 2.35. The molecule has 2 heterocycles. The number of piperidine rings is 1. The van der Waals surface area contributed by atoms with Gasteiger partial charge in [0.15, 0.2) is 0 Å². The topological polar surface area (TPSA) is 84.3 Å². The smallest absolute Gasteiger partial charge is 0.246 e. The number of benzene rings is 2. The van der Waals surface area contributed by atoms with E-state index in [1.165, 1.54) is 16.4 Å². The van der Waals surface area contributed by atoms with Crippen LogP contribution in [-0.4, -0.2) is 41.5 Å². The molecule has 1 aliphatic heterocycles. The van der Waals surface area contributed by atoms with Gasteiger partial charge in [-0.25, -0.2) is 17.5 Å². The van der Waals surface area contributed by atoms with Gasteiger partial charge in [0.2, 0.25) is 15.9 Å². The quantitative estimate of drug-likeness (QED) is 0.577. The Morgan fingerprint density at radius 3 is 2.42 bits per heavy atom. The number of amides is 1. The summed E-state index contributed by atoms with van der Waals surface area (Å²) in [5, 5.41) is 7.28. The molecule has 33 heavy (non-hydrogen) atoms. The highest BCUT2D eigenvalue weighted by molar-refractivity contribution is 7.89. The highest BCUT2D eigenvalue weighted by Crippen LogP contribution is 2.30. The summed E-state index contributed by atoms with van der Waals surface area (Å²) in [6.07, 6.45) is 0.740. The van der Waals surface area contributed by atoms with Crippen LogP contribution in [0, 0.1) is 25.6 Å². The number of nitrogens with one attached hydrogen (secondary N) is 1. The lowest BCUT2D eigenvalue weighted by Gasteiger charge is -2.30. The van der Waals surface area contributed by atoms with E-state index < -0.39 is 15.8 Å². The summed E-state index contributed by atoms with van der Waals surface area (Å²) in [5.41, 5.74) is 2.10. The van der Waals surface area contributed by atoms with Crippen molar-refractivity contribution in [3.05, 3.63) is 70.8 Å². The average Bonchev–Trinajstić information content (AvgIpc) is 3.10. The zero-order valence-electron chi connectivity index (χ0n) is 18.3. The van der Waals surface area contributed by atoms with Crippen molar-refractivity contribution in [2.24, 2.45) is 5.92 Å². The fraction of sp³-hybridized carbons (Fsp3) is 0.304. The van der Waals surface area contributed by atoms with E-state index in [1.807, 2.05) is 30.3 Å². The summed E-state index contributed by atoms with van der Waals surface area (Å²) < 4.78 is 43.1. The molecular formula is C23H24ClFN4O3S. The minimum Gasteiger partial charge on any atom is -0.325 e. The molecule has 7 nitrogen and oxygen atoms in total. The Balaban J connectivity index is 1.47. The second-order valence-corrected chi connectivity index (χ2v) is 10.3. The van der Waals surface area contributed by atoms with E-state index >= 15 is 0 Å². The first-order chi connectivity index (χ1) is 15.7. The molecule has 0 unspecified atom stereocenters. The van der Waals surface area contributed by atoms with Gasteiger partial charge in [0.1, 0.15) is 10.7 Å². The summed E-state index contributed by atoms with van der Waals surface area (Å²) >= 11 is 5.99. The summed E-state index contributed by atoms with van der Waals surface area (Å²) in [6.45, 7) is 3.86. The maximum absolute atomic E-state index is 13.4. The molecule has 2 aromatic carbocycles. The first-order valence-corrected chi connectivity index (χ1v) is 12.4. The fourth-order valence-electron chi connectivity index (χ4n) is 4.14. The third-order valence-corrected chi connectivity index (χ3v) is 8.30. The average molecular weight is 491 g/mol. The first kappa shape index (κ1) is 23.4. The minimum atomic E-state index is -3.77. The molecule has 3 aromatic rings. The molecule has 1 aromatic heterocycles. The molecule has 4 rings (SSSR count). The standard InChI is InChI=1S/C23H24ClFN4O3S/c1-15-22(16(2)29(27-15)19-6-4-3-5-7-19)33(31,32)28-12-10-17(11-13-28)23(30)26-21-9-8-18(25)14-20(21)24/h3-9,14,17H,10-13H2,1-2H3,(H,26,30). The molecule has 0 bridgehead atoms. The van der Waals surface area contributed by atoms with E-state index in [4.69, 9.17) is 11.6 Å². The maximum Gasteiger partial charge on any atom is 0.246 e. The molecule has 1 N–H and O–H groups in total. The van der Waals surface area contributed by atoms with Crippen molar-refractivity contribution in [3.63, 3.8) is 0 Å². The number of aromatic nitrogens is 2. The van der Waals surface area contributed by atoms with Crippen molar-refractivity contribution >= 4 is 33.2 Å². The number of carbonyl (C=O) groups is 1. The maximum atomic E-state index is 13.4. The SMILES string of the molecule is Cc1nn(-c2ccccc2)c(C)c1S(=O)(=O)N1CCC(C(=O)Nc2ccc(F)cc2Cl)CC1. The molecule has 0 saturated carbocycles. The molecule has 0 atom stereocenters. The molecule has 1 saturated heterocycles. The van der Waals surface area contributed by atoms with E-state index in [-0.39, 0.29) is 34.8 Å². The van der Waals surface area contributed by atoms with Crippen LogP contribution in [0.15, 0.2) is 53.4 Å². The predicted octanol–water partition coefficient (Wildman–Crippen LogP) is 4.32. The number of aryl methyl sites for hydroxylation is 1. The second kappa shape index (κ2) is 9.24. The van der Waals surface area contributed by atoms with Gasteiger partial charge in [-0.05, 0) is 57.0 Å². The van der Waals surface area contributed by atoms with E-state index in [0.717, 1.165) is 11.8 Å². The monoisotopic (exact) mass is 490 g/mol. The van der Waals surface area contributed by atoms with Crippen LogP contribution in [0.25, 0.3) is 5.69 Å². The molecule has 0 radical (unpaired) electrons. The van der Waals surface area contributed by atoms with Gasteiger partial charge in [0, 0.05) is 19.0 Å². The molecule has 1 fully saturated rings. The first-order valence-electron chi connectivity index (χ1n) is 10.6. The summed E-state index contributed by atoms with van der Waals surface area (Å²) in [6, 6.07) is 13.1. The number of nitrogens with zero attached hydrogens (tertiary/aromatic N) is 3. The van der Waals surface area contributed by atoms with Crippen molar-refractivity contribution < 1.29 is 17.6 Å². The van der Waals surface area contributed by atoms with Crippen molar-refractivity contribution in [1.82, 2.24) is 14.1 Å². The molecule has 1 aliphatic rings. The zero-order chi connectivity index (χ0) is 23.8. The van der Waals surface area contributed by atoms with Crippen LogP contribution in [0.3, 0.4) is 0 Å². The molecule has 0 spiro atoms. The predicted molar refractivity (Wildman–Crippen MR) is 125 cm³/mol. The van der Waals surface area contributed by atoms with Gasteiger partial charge in [0.05, 0.1) is 27.8 Å². The third kappa shape index (κ3) is 4.66. The van der Waals surface area contributed by atoms with E-state index in [2.05, 4.69) is 10.4 Å². The van der Waals surface area contributed by atoms with Gasteiger partial charge in [-0.15, -0.1) is 0 Å². The molecule has 1 amide bonds. The fourth-order valence-corrected chi connectivity index (χ4v) is 6.17. The normalized spacial score (nSPS) is 15.5. The Morgan fingerprint density at radius 1 is 1.12 bits per heavy atom. The summed E-state index contributed by atoms with van der Waals surface area (Å²) in [5.74, 6) is -1.12. The van der Waals surface area contributed by atoms with Gasteiger partial charge < -0.3 is 5.32 Å². The zero-order valence-corrected chi connectivity index (χ0v) is 19.8. The number of hydrogen-bond donors (Lipinski definition) is 1. The number of halogens is 2. The van der Waals surface area contributed by atoms with Gasteiger partial charge in [-0.3, -0.25) is 4.79 Å². The van der Waals surface area contributed by atoms with Crippen LogP contribution in [0.2, 0.25) is 5.02 Å². The Kier molecular flexibility index (Phi) is 6.56. The Labute approximate surface area is 197 Å². The van der Waals surface area contributed by atoms with Gasteiger partial charge in [-0.2, -0.15) is 9.40 Å². The molecule has 174 valence electrons. The Morgan fingerprint density at radius 2 is 1.79 bits per heavy atom. The third-order valence-electron chi connectivity index (χ3n) is 5.84. The summed E-state index contributed by atoms with van der Waals surface area (Å²) in [4.78, 5) is 12.9. The van der Waals surface area contributed by atoms with Crippen molar-refractivity contribution in [2.75, 3.05) is 18.4 Å². The van der Waals surface area contributed by atoms with Crippen molar-refractivity contribution in [3.8, 4) is 5.69 Å². The number of para-hydroxylation sites is 1. The van der Waals surface area contributed by atoms with E-state index in [1.54, 1.807) is 18.5 Å². The van der Waals surface area contributed by atoms with Crippen LogP contribution in [0.5, 0.6) is 0 Å². The lowest BCUT2D eigenvalue weighted by atomic mass is 9.97. The number of anilines is 1. The van der Waals surface area contributed by atoms with E-state index in [9.17, 15) is 17.6 Å². The lowest BCUT2D eigenvalue weighted by Crippen LogP contribution is -2.41. The minimum absolute atomic E-state index is 0.116. The Bertz CT molecular complexity index is 1290. The number of hydrogen-bond acceptors (Lipinski definition) is 4. The molecule has 10 heteroatoms. The number of sulfonamides is 1. The number of rotatable bonds is 5. The van der Waals surface area contributed by atoms with Crippen LogP contribution in [-0.2, 0) is 14.8 Å². The highest BCUT2D eigenvalue weighted by atomic mass is 35.5. The number of carbonyl (C=O) groups excluding carboxylic acids is 1. The van der Waals surface area contributed by atoms with Gasteiger partial charge in [-0.1, -0.05) is 29.8 Å². The van der Waals surface area contributed by atoms with Crippen LogP contribution in [0.4, 0.5) is 10.1 Å². The molecule has 0 aliphatic carbocycles. The van der Waals surface area contributed by atoms with Crippen molar-refractivity contribution in [1.29, 1.82) is 0 Å². The lowest BCUT2D eigenvalue weighted by molar-refractivity contribution is -0.120. The second-order valence-electron chi connectivity index (χ2n) is 8.04. The largest absolute Gasteiger partial charge is 0.325 e. The van der Waals surface area contributed by atoms with Crippen molar-refractivity contribution in [2.45, 2.75) is 31.6 Å². The van der Waals surface area contributed by atoms with Crippen LogP contribution in [0.1, 0.15) is 24.2 Å². The van der Waals surface area contributed by atoms with Crippen LogP contribution >= 0.6 is 11.6 Å². The van der Waals surface area contributed by atoms with Gasteiger partial charge >= 0.3 is 0 Å². The van der Waals surface area contributed by atoms with E-state index in [0.29, 0.717) is 29.9 Å².